The summed E-state index contributed by atoms with van der Waals surface area (Å²) in [6, 6.07) is 9.95. The zero-order chi connectivity index (χ0) is 20.6. The van der Waals surface area contributed by atoms with Gasteiger partial charge in [0, 0.05) is 35.5 Å². The monoisotopic (exact) mass is 404 g/mol. The minimum atomic E-state index is -4.55. The third kappa shape index (κ3) is 3.96. The third-order valence-electron chi connectivity index (χ3n) is 4.94. The minimum absolute atomic E-state index is 0.0400. The lowest BCUT2D eigenvalue weighted by Gasteiger charge is -2.28. The molecule has 0 radical (unpaired) electrons. The lowest BCUT2D eigenvalue weighted by molar-refractivity contribution is -0.137. The molecule has 0 spiro atoms. The van der Waals surface area contributed by atoms with Gasteiger partial charge < -0.3 is 20.8 Å². The Morgan fingerprint density at radius 2 is 1.79 bits per heavy atom. The molecule has 1 fully saturated rings. The number of halogens is 3. The number of piperidine rings is 1. The second-order valence-corrected chi connectivity index (χ2v) is 7.06. The number of rotatable bonds is 3. The lowest BCUT2D eigenvalue weighted by Crippen LogP contribution is -2.45. The highest BCUT2D eigenvalue weighted by atomic mass is 19.4. The Labute approximate surface area is 164 Å². The number of fused-ring (bicyclic) bond motifs is 1. The van der Waals surface area contributed by atoms with Crippen LogP contribution < -0.4 is 10.6 Å². The molecule has 6 nitrogen and oxygen atoms in total. The van der Waals surface area contributed by atoms with E-state index in [1.807, 2.05) is 12.1 Å². The van der Waals surface area contributed by atoms with E-state index >= 15 is 0 Å². The first-order valence-corrected chi connectivity index (χ1v) is 9.14. The molecule has 2 atom stereocenters. The Hall–Kier alpha value is -2.91. The van der Waals surface area contributed by atoms with E-state index in [2.05, 4.69) is 20.8 Å². The van der Waals surface area contributed by atoms with Crippen molar-refractivity contribution in [2.24, 2.45) is 0 Å². The summed E-state index contributed by atoms with van der Waals surface area (Å²) in [5.41, 5.74) is -0.472. The average Bonchev–Trinajstić information content (AvgIpc) is 2.68. The van der Waals surface area contributed by atoms with Crippen molar-refractivity contribution in [2.45, 2.75) is 24.7 Å². The van der Waals surface area contributed by atoms with E-state index in [0.717, 1.165) is 11.5 Å². The number of benzene rings is 2. The minimum Gasteiger partial charge on any atom is -0.507 e. The molecular formula is C20H19F3N4O2. The van der Waals surface area contributed by atoms with Crippen molar-refractivity contribution in [1.82, 2.24) is 15.5 Å². The van der Waals surface area contributed by atoms with Gasteiger partial charge in [-0.2, -0.15) is 13.2 Å². The molecule has 1 aliphatic rings. The van der Waals surface area contributed by atoms with E-state index in [1.165, 1.54) is 6.07 Å². The van der Waals surface area contributed by atoms with E-state index in [9.17, 15) is 23.4 Å². The van der Waals surface area contributed by atoms with Crippen molar-refractivity contribution < 1.29 is 23.4 Å². The number of phenolic OH excluding ortho intramolecular Hbond substituents is 1. The Morgan fingerprint density at radius 1 is 1.03 bits per heavy atom. The van der Waals surface area contributed by atoms with Crippen LogP contribution in [0.25, 0.3) is 22.0 Å². The number of nitrogens with one attached hydrogen (secondary N) is 2. The van der Waals surface area contributed by atoms with Gasteiger partial charge in [0.1, 0.15) is 11.4 Å². The van der Waals surface area contributed by atoms with Gasteiger partial charge in [0.25, 0.3) is 0 Å². The number of nitrogens with zero attached hydrogens (tertiary/aromatic N) is 2. The molecule has 0 bridgehead atoms. The van der Waals surface area contributed by atoms with Crippen molar-refractivity contribution in [3.8, 4) is 17.0 Å². The number of β-amino-alcohol motifs (C(OH)–C–C–N with tert-alkyl or cyclic N) is 1. The van der Waals surface area contributed by atoms with Gasteiger partial charge >= 0.3 is 6.18 Å². The molecule has 4 rings (SSSR count). The van der Waals surface area contributed by atoms with Gasteiger partial charge in [-0.15, -0.1) is 10.2 Å². The molecule has 4 N–H and O–H groups in total. The van der Waals surface area contributed by atoms with Crippen molar-refractivity contribution in [2.75, 3.05) is 18.4 Å². The normalized spacial score (nSPS) is 20.0. The third-order valence-corrected chi connectivity index (χ3v) is 4.94. The number of hydrogen-bond donors (Lipinski definition) is 4. The van der Waals surface area contributed by atoms with Gasteiger partial charge in [0.15, 0.2) is 5.82 Å². The highest BCUT2D eigenvalue weighted by Gasteiger charge is 2.31. The first kappa shape index (κ1) is 19.4. The summed E-state index contributed by atoms with van der Waals surface area (Å²) < 4.78 is 38.7. The van der Waals surface area contributed by atoms with Gasteiger partial charge in [0.05, 0.1) is 11.7 Å². The molecular weight excluding hydrogens is 385 g/mol. The highest BCUT2D eigenvalue weighted by molar-refractivity contribution is 6.00. The summed E-state index contributed by atoms with van der Waals surface area (Å²) in [5.74, 6) is -0.00348. The molecule has 0 aliphatic carbocycles. The summed E-state index contributed by atoms with van der Waals surface area (Å²) >= 11 is 0. The number of anilines is 1. The maximum absolute atomic E-state index is 12.9. The van der Waals surface area contributed by atoms with Crippen LogP contribution in [0.4, 0.5) is 19.0 Å². The van der Waals surface area contributed by atoms with E-state index < -0.39 is 23.6 Å². The Balaban J connectivity index is 1.74. The zero-order valence-electron chi connectivity index (χ0n) is 15.2. The van der Waals surface area contributed by atoms with Crippen LogP contribution in [0.15, 0.2) is 42.5 Å². The largest absolute Gasteiger partial charge is 0.507 e. The number of alkyl halides is 3. The molecule has 3 aromatic rings. The molecule has 29 heavy (non-hydrogen) atoms. The number of aliphatic hydroxyl groups is 1. The molecule has 1 aromatic heterocycles. The van der Waals surface area contributed by atoms with Gasteiger partial charge in [-0.3, -0.25) is 0 Å². The van der Waals surface area contributed by atoms with Gasteiger partial charge in [-0.05, 0) is 24.6 Å². The van der Waals surface area contributed by atoms with Gasteiger partial charge in [-0.25, -0.2) is 0 Å². The predicted molar refractivity (Wildman–Crippen MR) is 103 cm³/mol. The van der Waals surface area contributed by atoms with Crippen LogP contribution in [0, 0.1) is 0 Å². The molecule has 152 valence electrons. The molecule has 0 amide bonds. The zero-order valence-corrected chi connectivity index (χ0v) is 15.2. The summed E-state index contributed by atoms with van der Waals surface area (Å²) in [6.07, 6.45) is -4.44. The fourth-order valence-electron chi connectivity index (χ4n) is 3.54. The standard InChI is InChI=1S/C20H19F3N4O2/c21-20(22,23)11-5-6-16(17(29)7-11)18-14-3-1-2-4-15(14)19(27-26-18)25-12-8-13(28)10-24-9-12/h1-7,12-13,24,28-29H,8-10H2,(H,25,27)/t12-,13-/m1/s1. The number of aromatic hydroxyl groups is 1. The predicted octanol–water partition coefficient (Wildman–Crippen LogP) is 3.16. The number of phenols is 1. The maximum Gasteiger partial charge on any atom is 0.416 e. The summed E-state index contributed by atoms with van der Waals surface area (Å²) in [5, 5.41) is 36.2. The van der Waals surface area contributed by atoms with Gasteiger partial charge in [0.2, 0.25) is 0 Å². The van der Waals surface area contributed by atoms with Crippen LogP contribution >= 0.6 is 0 Å². The number of aromatic nitrogens is 2. The highest BCUT2D eigenvalue weighted by Crippen LogP contribution is 2.38. The van der Waals surface area contributed by atoms with E-state index in [1.54, 1.807) is 12.1 Å². The van der Waals surface area contributed by atoms with Crippen molar-refractivity contribution in [1.29, 1.82) is 0 Å². The van der Waals surface area contributed by atoms with Crippen LogP contribution in [-0.4, -0.2) is 45.6 Å². The van der Waals surface area contributed by atoms with Crippen molar-refractivity contribution >= 4 is 16.6 Å². The van der Waals surface area contributed by atoms with E-state index in [0.29, 0.717) is 42.5 Å². The first-order chi connectivity index (χ1) is 13.8. The van der Waals surface area contributed by atoms with E-state index in [-0.39, 0.29) is 11.6 Å². The summed E-state index contributed by atoms with van der Waals surface area (Å²) in [6.45, 7) is 1.20. The second kappa shape index (κ2) is 7.49. The molecule has 1 saturated heterocycles. The van der Waals surface area contributed by atoms with Crippen LogP contribution in [0.5, 0.6) is 5.75 Å². The Kier molecular flexibility index (Phi) is 5.01. The van der Waals surface area contributed by atoms with Crippen molar-refractivity contribution in [3.05, 3.63) is 48.0 Å². The molecule has 1 aliphatic heterocycles. The molecule has 2 aromatic carbocycles. The smallest absolute Gasteiger partial charge is 0.416 e. The topological polar surface area (TPSA) is 90.3 Å². The summed E-state index contributed by atoms with van der Waals surface area (Å²) in [7, 11) is 0. The van der Waals surface area contributed by atoms with Crippen molar-refractivity contribution in [3.63, 3.8) is 0 Å². The Morgan fingerprint density at radius 3 is 2.48 bits per heavy atom. The van der Waals surface area contributed by atoms with Crippen LogP contribution in [-0.2, 0) is 6.18 Å². The number of aliphatic hydroxyl groups excluding tert-OH is 1. The quantitative estimate of drug-likeness (QED) is 0.536. The SMILES string of the molecule is Oc1cc(C(F)(F)F)ccc1-c1nnc(N[C@H]2CNC[C@H](O)C2)c2ccccc12. The van der Waals surface area contributed by atoms with E-state index in [4.69, 9.17) is 0 Å². The number of hydrogen-bond acceptors (Lipinski definition) is 6. The molecule has 0 unspecified atom stereocenters. The fraction of sp³-hybridized carbons (Fsp3) is 0.300. The first-order valence-electron chi connectivity index (χ1n) is 9.14. The summed E-state index contributed by atoms with van der Waals surface area (Å²) in [4.78, 5) is 0. The second-order valence-electron chi connectivity index (χ2n) is 7.06. The molecule has 0 saturated carbocycles. The fourth-order valence-corrected chi connectivity index (χ4v) is 3.54. The van der Waals surface area contributed by atoms with Crippen LogP contribution in [0.2, 0.25) is 0 Å². The molecule has 9 heteroatoms. The average molecular weight is 404 g/mol. The molecule has 2 heterocycles. The Bertz CT molecular complexity index is 1040. The van der Waals surface area contributed by atoms with Gasteiger partial charge in [-0.1, -0.05) is 24.3 Å². The van der Waals surface area contributed by atoms with Crippen LogP contribution in [0.1, 0.15) is 12.0 Å². The maximum atomic E-state index is 12.9. The van der Waals surface area contributed by atoms with Crippen LogP contribution in [0.3, 0.4) is 0 Å². The lowest BCUT2D eigenvalue weighted by atomic mass is 10.0.